The van der Waals surface area contributed by atoms with Crippen LogP contribution in [-0.2, 0) is 4.79 Å². The molecule has 1 aromatic rings. The highest BCUT2D eigenvalue weighted by atomic mass is 16.1. The Kier molecular flexibility index (Phi) is 3.26. The van der Waals surface area contributed by atoms with Gasteiger partial charge in [-0.1, -0.05) is 49.4 Å². The Labute approximate surface area is 78.1 Å². The van der Waals surface area contributed by atoms with Crippen molar-refractivity contribution in [2.24, 2.45) is 5.92 Å². The molecule has 0 aliphatic rings. The maximum Gasteiger partial charge on any atom is 0.245 e. The van der Waals surface area contributed by atoms with Crippen LogP contribution in [0.25, 0.3) is 6.08 Å². The molecule has 0 heterocycles. The summed E-state index contributed by atoms with van der Waals surface area (Å²) in [4.78, 5) is 10.6. The number of hydrogen-bond donors (Lipinski definition) is 0. The largest absolute Gasteiger partial charge is 0.273 e. The Morgan fingerprint density at radius 1 is 1.38 bits per heavy atom. The van der Waals surface area contributed by atoms with Gasteiger partial charge in [-0.05, 0) is 5.56 Å². The molecular formula is C11H12NO. The van der Waals surface area contributed by atoms with Gasteiger partial charge in [0, 0.05) is 0 Å². The van der Waals surface area contributed by atoms with Crippen molar-refractivity contribution in [3.05, 3.63) is 42.0 Å². The number of carbonyl (C=O) groups excluding carboxylic acids is 1. The number of carbonyl (C=O) groups is 1. The smallest absolute Gasteiger partial charge is 0.245 e. The molecule has 0 saturated carbocycles. The minimum absolute atomic E-state index is 0.319. The molecular weight excluding hydrogens is 162 g/mol. The highest BCUT2D eigenvalue weighted by molar-refractivity contribution is 5.78. The summed E-state index contributed by atoms with van der Waals surface area (Å²) in [6, 6.07) is 9.73. The van der Waals surface area contributed by atoms with E-state index in [4.69, 9.17) is 5.73 Å². The number of amides is 1. The van der Waals surface area contributed by atoms with E-state index in [0.29, 0.717) is 0 Å². The van der Waals surface area contributed by atoms with Gasteiger partial charge in [0.2, 0.25) is 5.91 Å². The van der Waals surface area contributed by atoms with Crippen molar-refractivity contribution in [2.75, 3.05) is 0 Å². The van der Waals surface area contributed by atoms with Gasteiger partial charge in [0.05, 0.1) is 5.92 Å². The third-order valence-corrected chi connectivity index (χ3v) is 1.79. The Morgan fingerprint density at radius 3 is 2.54 bits per heavy atom. The van der Waals surface area contributed by atoms with E-state index in [0.717, 1.165) is 5.56 Å². The molecule has 1 radical (unpaired) electrons. The first-order valence-corrected chi connectivity index (χ1v) is 4.19. The average Bonchev–Trinajstić information content (AvgIpc) is 2.15. The molecule has 1 N–H and O–H groups in total. The summed E-state index contributed by atoms with van der Waals surface area (Å²) >= 11 is 0. The van der Waals surface area contributed by atoms with E-state index >= 15 is 0 Å². The quantitative estimate of drug-likeness (QED) is 0.692. The van der Waals surface area contributed by atoms with Crippen molar-refractivity contribution in [2.45, 2.75) is 6.92 Å². The van der Waals surface area contributed by atoms with E-state index in [1.165, 1.54) is 0 Å². The fourth-order valence-electron chi connectivity index (χ4n) is 0.907. The summed E-state index contributed by atoms with van der Waals surface area (Å²) in [5, 5.41) is 0. The average molecular weight is 174 g/mol. The molecule has 0 aliphatic heterocycles. The molecule has 0 aromatic heterocycles. The van der Waals surface area contributed by atoms with Gasteiger partial charge in [0.25, 0.3) is 0 Å². The lowest BCUT2D eigenvalue weighted by Gasteiger charge is -1.97. The van der Waals surface area contributed by atoms with Crippen molar-refractivity contribution in [1.29, 1.82) is 0 Å². The molecule has 67 valence electrons. The van der Waals surface area contributed by atoms with Crippen LogP contribution in [0.2, 0.25) is 0 Å². The molecule has 0 saturated heterocycles. The highest BCUT2D eigenvalue weighted by Gasteiger charge is 2.03. The van der Waals surface area contributed by atoms with E-state index < -0.39 is 5.91 Å². The minimum Gasteiger partial charge on any atom is -0.273 e. The third-order valence-electron chi connectivity index (χ3n) is 1.79. The van der Waals surface area contributed by atoms with Gasteiger partial charge in [-0.15, -0.1) is 0 Å². The van der Waals surface area contributed by atoms with Gasteiger partial charge < -0.3 is 0 Å². The van der Waals surface area contributed by atoms with Crippen molar-refractivity contribution >= 4 is 12.0 Å². The summed E-state index contributed by atoms with van der Waals surface area (Å²) in [7, 11) is 0. The maximum atomic E-state index is 10.6. The van der Waals surface area contributed by atoms with Gasteiger partial charge in [-0.25, -0.2) is 0 Å². The summed E-state index contributed by atoms with van der Waals surface area (Å²) in [6.45, 7) is 1.72. The Balaban J connectivity index is 2.64. The monoisotopic (exact) mass is 174 g/mol. The predicted molar refractivity (Wildman–Crippen MR) is 52.7 cm³/mol. The fraction of sp³-hybridized carbons (Fsp3) is 0.182. The van der Waals surface area contributed by atoms with Gasteiger partial charge in [-0.2, -0.15) is 0 Å². The number of nitrogens with one attached hydrogen (secondary N) is 1. The normalized spacial score (nSPS) is 13.0. The molecule has 13 heavy (non-hydrogen) atoms. The van der Waals surface area contributed by atoms with E-state index in [1.54, 1.807) is 13.0 Å². The van der Waals surface area contributed by atoms with E-state index in [1.807, 2.05) is 36.4 Å². The Morgan fingerprint density at radius 2 is 2.00 bits per heavy atom. The molecule has 1 atom stereocenters. The molecule has 2 heteroatoms. The van der Waals surface area contributed by atoms with Crippen LogP contribution < -0.4 is 5.73 Å². The predicted octanol–water partition coefficient (Wildman–Crippen LogP) is 2.15. The van der Waals surface area contributed by atoms with Crippen LogP contribution in [0, 0.1) is 5.92 Å². The zero-order chi connectivity index (χ0) is 9.68. The minimum atomic E-state index is -0.549. The molecule has 1 unspecified atom stereocenters. The molecule has 0 bridgehead atoms. The van der Waals surface area contributed by atoms with Crippen LogP contribution >= 0.6 is 0 Å². The number of benzene rings is 1. The molecule has 1 amide bonds. The lowest BCUT2D eigenvalue weighted by Crippen LogP contribution is -2.07. The number of hydrogen-bond acceptors (Lipinski definition) is 1. The van der Waals surface area contributed by atoms with Crippen LogP contribution in [0.4, 0.5) is 0 Å². The van der Waals surface area contributed by atoms with E-state index in [9.17, 15) is 4.79 Å². The Bertz CT molecular complexity index is 303. The van der Waals surface area contributed by atoms with Crippen LogP contribution in [-0.4, -0.2) is 5.91 Å². The zero-order valence-electron chi connectivity index (χ0n) is 7.53. The van der Waals surface area contributed by atoms with Crippen molar-refractivity contribution in [1.82, 2.24) is 5.73 Å². The zero-order valence-corrected chi connectivity index (χ0v) is 7.53. The Hall–Kier alpha value is -1.57. The molecule has 0 aliphatic carbocycles. The third kappa shape index (κ3) is 3.11. The van der Waals surface area contributed by atoms with Crippen LogP contribution in [0.3, 0.4) is 0 Å². The molecule has 0 spiro atoms. The van der Waals surface area contributed by atoms with Crippen molar-refractivity contribution < 1.29 is 4.79 Å². The highest BCUT2D eigenvalue weighted by Crippen LogP contribution is 2.04. The number of rotatable bonds is 3. The second-order valence-electron chi connectivity index (χ2n) is 2.92. The van der Waals surface area contributed by atoms with E-state index in [-0.39, 0.29) is 5.92 Å². The lowest BCUT2D eigenvalue weighted by molar-refractivity contribution is -0.120. The second kappa shape index (κ2) is 4.45. The summed E-state index contributed by atoms with van der Waals surface area (Å²) < 4.78 is 0. The molecule has 1 aromatic carbocycles. The SMILES string of the molecule is CC(/C=C/c1ccccc1)C([NH])=O. The van der Waals surface area contributed by atoms with Crippen LogP contribution in [0.15, 0.2) is 36.4 Å². The molecule has 1 rings (SSSR count). The topological polar surface area (TPSA) is 40.9 Å². The van der Waals surface area contributed by atoms with Gasteiger partial charge in [-0.3, -0.25) is 10.5 Å². The lowest BCUT2D eigenvalue weighted by atomic mass is 10.1. The first-order chi connectivity index (χ1) is 6.20. The van der Waals surface area contributed by atoms with Gasteiger partial charge >= 0.3 is 0 Å². The van der Waals surface area contributed by atoms with E-state index in [2.05, 4.69) is 0 Å². The van der Waals surface area contributed by atoms with Crippen LogP contribution in [0.1, 0.15) is 12.5 Å². The fourth-order valence-corrected chi connectivity index (χ4v) is 0.907. The maximum absolute atomic E-state index is 10.6. The summed E-state index contributed by atoms with van der Waals surface area (Å²) in [6.07, 6.45) is 3.60. The summed E-state index contributed by atoms with van der Waals surface area (Å²) in [5.41, 5.74) is 7.91. The van der Waals surface area contributed by atoms with Crippen LogP contribution in [0.5, 0.6) is 0 Å². The summed E-state index contributed by atoms with van der Waals surface area (Å²) in [5.74, 6) is -0.868. The molecule has 0 fully saturated rings. The van der Waals surface area contributed by atoms with Crippen molar-refractivity contribution in [3.63, 3.8) is 0 Å². The standard InChI is InChI=1S/C11H12NO/c1-9(11(12)13)7-8-10-5-3-2-4-6-10/h2-9,12H,1H3/b8-7+. The van der Waals surface area contributed by atoms with Gasteiger partial charge in [0.15, 0.2) is 0 Å². The molecule has 2 nitrogen and oxygen atoms in total. The first kappa shape index (κ1) is 9.52. The first-order valence-electron chi connectivity index (χ1n) is 4.19. The second-order valence-corrected chi connectivity index (χ2v) is 2.92. The van der Waals surface area contributed by atoms with Gasteiger partial charge in [0.1, 0.15) is 0 Å². The van der Waals surface area contributed by atoms with Crippen molar-refractivity contribution in [3.8, 4) is 0 Å².